The Morgan fingerprint density at radius 2 is 1.94 bits per heavy atom. The molecule has 3 aliphatic rings. The predicted octanol–water partition coefficient (Wildman–Crippen LogP) is 5.01. The smallest absolute Gasteiger partial charge is 0.410 e. The fraction of sp³-hybridized carbons (Fsp3) is 0.640. The average Bonchev–Trinajstić information content (AvgIpc) is 3.71. The molecule has 2 heterocycles. The van der Waals surface area contributed by atoms with Crippen LogP contribution in [0, 0.1) is 12.8 Å². The van der Waals surface area contributed by atoms with E-state index in [1.807, 2.05) is 38.1 Å². The van der Waals surface area contributed by atoms with Crippen LogP contribution in [-0.4, -0.2) is 44.4 Å². The van der Waals surface area contributed by atoms with Crippen molar-refractivity contribution < 1.29 is 14.3 Å². The van der Waals surface area contributed by atoms with Crippen molar-refractivity contribution in [1.29, 1.82) is 0 Å². The standard InChI is InChI=1S/C25H34N4O3/c1-17-23(32-19-7-5-4-6-8-19)12-11-21(27-17)20-15-26-29(3)22(20)16-31-24(30)28(2)25(13-14-25)18-9-10-18/h11-12,15,18-19H,4-10,13-14,16H2,1-3H3. The summed E-state index contributed by atoms with van der Waals surface area (Å²) in [4.78, 5) is 19.4. The van der Waals surface area contributed by atoms with Crippen LogP contribution in [0.15, 0.2) is 18.3 Å². The summed E-state index contributed by atoms with van der Waals surface area (Å²) in [5.74, 6) is 1.52. The van der Waals surface area contributed by atoms with Crippen molar-refractivity contribution in [3.63, 3.8) is 0 Å². The number of hydrogen-bond donors (Lipinski definition) is 0. The molecule has 1 amide bonds. The first-order valence-corrected chi connectivity index (χ1v) is 12.0. The second kappa shape index (κ2) is 8.41. The molecule has 0 N–H and O–H groups in total. The Labute approximate surface area is 190 Å². The highest BCUT2D eigenvalue weighted by Crippen LogP contribution is 2.57. The van der Waals surface area contributed by atoms with Crippen LogP contribution in [0.1, 0.15) is 69.2 Å². The highest BCUT2D eigenvalue weighted by molar-refractivity contribution is 5.70. The van der Waals surface area contributed by atoms with Gasteiger partial charge in [-0.1, -0.05) is 6.42 Å². The van der Waals surface area contributed by atoms with Gasteiger partial charge in [0.15, 0.2) is 0 Å². The molecule has 0 unspecified atom stereocenters. The molecule has 3 fully saturated rings. The molecule has 3 aliphatic carbocycles. The fourth-order valence-corrected chi connectivity index (χ4v) is 5.21. The van der Waals surface area contributed by atoms with Crippen molar-refractivity contribution in [1.82, 2.24) is 19.7 Å². The minimum absolute atomic E-state index is 0.0548. The Balaban J connectivity index is 1.27. The van der Waals surface area contributed by atoms with Crippen LogP contribution < -0.4 is 4.74 Å². The lowest BCUT2D eigenvalue weighted by molar-refractivity contribution is 0.0798. The number of amides is 1. The zero-order chi connectivity index (χ0) is 22.3. The second-order valence-electron chi connectivity index (χ2n) is 9.78. The van der Waals surface area contributed by atoms with Crippen molar-refractivity contribution >= 4 is 6.09 Å². The molecule has 7 heteroatoms. The number of aromatic nitrogens is 3. The number of rotatable bonds is 7. The van der Waals surface area contributed by atoms with E-state index in [0.29, 0.717) is 12.0 Å². The van der Waals surface area contributed by atoms with Gasteiger partial charge in [-0.05, 0) is 76.3 Å². The molecule has 0 aromatic carbocycles. The summed E-state index contributed by atoms with van der Waals surface area (Å²) in [5.41, 5.74) is 3.48. The Hall–Kier alpha value is -2.57. The van der Waals surface area contributed by atoms with Crippen LogP contribution in [-0.2, 0) is 18.4 Å². The van der Waals surface area contributed by atoms with Gasteiger partial charge >= 0.3 is 6.09 Å². The van der Waals surface area contributed by atoms with E-state index in [2.05, 4.69) is 5.10 Å². The number of ether oxygens (including phenoxy) is 2. The van der Waals surface area contributed by atoms with Gasteiger partial charge in [0.1, 0.15) is 12.4 Å². The summed E-state index contributed by atoms with van der Waals surface area (Å²) in [6, 6.07) is 3.99. The minimum Gasteiger partial charge on any atom is -0.489 e. The van der Waals surface area contributed by atoms with E-state index in [0.717, 1.165) is 54.1 Å². The van der Waals surface area contributed by atoms with Gasteiger partial charge < -0.3 is 14.4 Å². The molecule has 172 valence electrons. The SMILES string of the molecule is Cc1nc(-c2cnn(C)c2COC(=O)N(C)C2(C3CC3)CC2)ccc1OC1CCCCC1. The van der Waals surface area contributed by atoms with Crippen LogP contribution in [0.4, 0.5) is 4.79 Å². The molecule has 0 bridgehead atoms. The first kappa shape index (κ1) is 21.3. The zero-order valence-corrected chi connectivity index (χ0v) is 19.5. The summed E-state index contributed by atoms with van der Waals surface area (Å²) in [5, 5.41) is 4.40. The van der Waals surface area contributed by atoms with E-state index in [-0.39, 0.29) is 18.2 Å². The van der Waals surface area contributed by atoms with Crippen LogP contribution in [0.25, 0.3) is 11.3 Å². The zero-order valence-electron chi connectivity index (χ0n) is 19.5. The molecule has 5 rings (SSSR count). The van der Waals surface area contributed by atoms with E-state index >= 15 is 0 Å². The molecule has 0 atom stereocenters. The third kappa shape index (κ3) is 4.09. The topological polar surface area (TPSA) is 69.5 Å². The van der Waals surface area contributed by atoms with Gasteiger partial charge in [-0.25, -0.2) is 9.78 Å². The summed E-state index contributed by atoms with van der Waals surface area (Å²) >= 11 is 0. The number of aryl methyl sites for hydroxylation is 2. The number of carbonyl (C=O) groups excluding carboxylic acids is 1. The second-order valence-corrected chi connectivity index (χ2v) is 9.78. The molecule has 7 nitrogen and oxygen atoms in total. The lowest BCUT2D eigenvalue weighted by Crippen LogP contribution is -2.40. The highest BCUT2D eigenvalue weighted by atomic mass is 16.6. The summed E-state index contributed by atoms with van der Waals surface area (Å²) in [6.45, 7) is 2.16. The number of pyridine rings is 1. The van der Waals surface area contributed by atoms with Gasteiger partial charge in [0.2, 0.25) is 0 Å². The maximum absolute atomic E-state index is 12.7. The van der Waals surface area contributed by atoms with E-state index in [1.54, 1.807) is 10.9 Å². The third-order valence-corrected chi connectivity index (χ3v) is 7.59. The van der Waals surface area contributed by atoms with E-state index in [4.69, 9.17) is 14.5 Å². The number of hydrogen-bond acceptors (Lipinski definition) is 5. The molecule has 0 spiro atoms. The Bertz CT molecular complexity index is 987. The molecule has 32 heavy (non-hydrogen) atoms. The molecule has 0 radical (unpaired) electrons. The van der Waals surface area contributed by atoms with Crippen molar-refractivity contribution in [3.05, 3.63) is 29.7 Å². The number of carbonyl (C=O) groups is 1. The van der Waals surface area contributed by atoms with Crippen LogP contribution in [0.3, 0.4) is 0 Å². The Morgan fingerprint density at radius 1 is 1.19 bits per heavy atom. The number of nitrogens with zero attached hydrogens (tertiary/aromatic N) is 4. The molecule has 0 aliphatic heterocycles. The van der Waals surface area contributed by atoms with Crippen molar-refractivity contribution in [3.8, 4) is 17.0 Å². The molecular formula is C25H34N4O3. The van der Waals surface area contributed by atoms with Crippen molar-refractivity contribution in [2.75, 3.05) is 7.05 Å². The summed E-state index contributed by atoms with van der Waals surface area (Å²) in [7, 11) is 3.75. The first-order chi connectivity index (χ1) is 15.5. The Morgan fingerprint density at radius 3 is 2.59 bits per heavy atom. The van der Waals surface area contributed by atoms with Gasteiger partial charge in [-0.2, -0.15) is 5.10 Å². The van der Waals surface area contributed by atoms with Gasteiger partial charge in [0, 0.05) is 25.2 Å². The highest BCUT2D eigenvalue weighted by Gasteiger charge is 2.58. The van der Waals surface area contributed by atoms with Gasteiger partial charge in [-0.3, -0.25) is 4.68 Å². The van der Waals surface area contributed by atoms with Crippen LogP contribution >= 0.6 is 0 Å². The molecular weight excluding hydrogens is 404 g/mol. The molecule has 0 saturated heterocycles. The first-order valence-electron chi connectivity index (χ1n) is 12.0. The van der Waals surface area contributed by atoms with Crippen LogP contribution in [0.5, 0.6) is 5.75 Å². The van der Waals surface area contributed by atoms with Crippen LogP contribution in [0.2, 0.25) is 0 Å². The minimum atomic E-state index is -0.248. The molecule has 3 saturated carbocycles. The third-order valence-electron chi connectivity index (χ3n) is 7.59. The summed E-state index contributed by atoms with van der Waals surface area (Å²) in [6.07, 6.45) is 12.5. The molecule has 2 aromatic rings. The average molecular weight is 439 g/mol. The lowest BCUT2D eigenvalue weighted by Gasteiger charge is -2.27. The molecule has 2 aromatic heterocycles. The Kier molecular flexibility index (Phi) is 5.59. The van der Waals surface area contributed by atoms with Gasteiger partial charge in [0.05, 0.1) is 29.4 Å². The van der Waals surface area contributed by atoms with E-state index in [1.165, 1.54) is 32.1 Å². The maximum atomic E-state index is 12.7. The van der Waals surface area contributed by atoms with Gasteiger partial charge in [-0.15, -0.1) is 0 Å². The van der Waals surface area contributed by atoms with Gasteiger partial charge in [0.25, 0.3) is 0 Å². The van der Waals surface area contributed by atoms with Crippen molar-refractivity contribution in [2.45, 2.75) is 83.0 Å². The monoisotopic (exact) mass is 438 g/mol. The predicted molar refractivity (Wildman–Crippen MR) is 121 cm³/mol. The maximum Gasteiger partial charge on any atom is 0.410 e. The van der Waals surface area contributed by atoms with E-state index in [9.17, 15) is 4.79 Å². The lowest BCUT2D eigenvalue weighted by atomic mass is 9.98. The quantitative estimate of drug-likeness (QED) is 0.608. The largest absolute Gasteiger partial charge is 0.489 e. The fourth-order valence-electron chi connectivity index (χ4n) is 5.21. The normalized spacial score (nSPS) is 20.1. The van der Waals surface area contributed by atoms with E-state index < -0.39 is 0 Å². The summed E-state index contributed by atoms with van der Waals surface area (Å²) < 4.78 is 13.7. The van der Waals surface area contributed by atoms with Crippen molar-refractivity contribution in [2.24, 2.45) is 13.0 Å².